The highest BCUT2D eigenvalue weighted by atomic mass is 16.3. The molecule has 8 aromatic rings. The molecule has 2 aliphatic rings. The summed E-state index contributed by atoms with van der Waals surface area (Å²) in [5, 5.41) is 0. The van der Waals surface area contributed by atoms with E-state index in [1.165, 1.54) is 33.3 Å². The molecule has 2 aromatic heterocycles. The van der Waals surface area contributed by atoms with Crippen LogP contribution in [-0.4, -0.2) is 16.7 Å². The summed E-state index contributed by atoms with van der Waals surface area (Å²) in [5.74, 6) is 0.619. The van der Waals surface area contributed by atoms with Crippen molar-refractivity contribution >= 4 is 68.3 Å². The number of para-hydroxylation sites is 4. The maximum Gasteiger partial charge on any atom is 0.252 e. The molecule has 0 unspecified atom stereocenters. The van der Waals surface area contributed by atoms with Crippen LogP contribution in [0, 0.1) is 0 Å². The minimum atomic E-state index is -0.0913. The van der Waals surface area contributed by atoms with E-state index < -0.39 is 0 Å². The van der Waals surface area contributed by atoms with Gasteiger partial charge < -0.3 is 14.2 Å². The Morgan fingerprint density at radius 1 is 0.558 bits per heavy atom. The molecule has 0 N–H and O–H groups in total. The normalized spacial score (nSPS) is 13.2. The van der Waals surface area contributed by atoms with Gasteiger partial charge in [-0.3, -0.25) is 4.98 Å². The number of pyridine rings is 1. The van der Waals surface area contributed by atoms with Crippen LogP contribution in [0.4, 0.5) is 34.1 Å². The molecule has 6 heteroatoms. The van der Waals surface area contributed by atoms with Crippen LogP contribution in [0.25, 0.3) is 33.8 Å². The first kappa shape index (κ1) is 30.4. The summed E-state index contributed by atoms with van der Waals surface area (Å²) in [4.78, 5) is 14.6. The summed E-state index contributed by atoms with van der Waals surface area (Å²) >= 11 is 0. The number of aromatic nitrogens is 2. The van der Waals surface area contributed by atoms with E-state index in [0.717, 1.165) is 50.7 Å². The fourth-order valence-electron chi connectivity index (χ4n) is 7.97. The smallest absolute Gasteiger partial charge is 0.252 e. The minimum absolute atomic E-state index is 0.0723. The molecule has 0 atom stereocenters. The van der Waals surface area contributed by atoms with E-state index in [-0.39, 0.29) is 12.1 Å². The number of fused-ring (bicyclic) bond motifs is 5. The van der Waals surface area contributed by atoms with Gasteiger partial charge in [0.25, 0.3) is 6.71 Å². The summed E-state index contributed by atoms with van der Waals surface area (Å²) < 4.78 is 6.37. The Morgan fingerprint density at radius 2 is 1.13 bits per heavy atom. The zero-order valence-electron chi connectivity index (χ0n) is 29.3. The van der Waals surface area contributed by atoms with Crippen molar-refractivity contribution in [1.82, 2.24) is 9.97 Å². The summed E-state index contributed by atoms with van der Waals surface area (Å²) in [5.41, 5.74) is 16.4. The van der Waals surface area contributed by atoms with E-state index in [2.05, 4.69) is 152 Å². The van der Waals surface area contributed by atoms with Crippen LogP contribution in [0.3, 0.4) is 0 Å². The first-order valence-corrected chi connectivity index (χ1v) is 17.9. The number of anilines is 6. The lowest BCUT2D eigenvalue weighted by Gasteiger charge is -2.45. The zero-order chi connectivity index (χ0) is 35.0. The first-order valence-electron chi connectivity index (χ1n) is 17.9. The van der Waals surface area contributed by atoms with Crippen molar-refractivity contribution < 1.29 is 4.42 Å². The van der Waals surface area contributed by atoms with Gasteiger partial charge in [0.2, 0.25) is 5.89 Å². The molecule has 0 fully saturated rings. The summed E-state index contributed by atoms with van der Waals surface area (Å²) in [6.45, 7) is 6.84. The minimum Gasteiger partial charge on any atom is -0.436 e. The zero-order valence-corrected chi connectivity index (χ0v) is 29.3. The third kappa shape index (κ3) is 4.79. The summed E-state index contributed by atoms with van der Waals surface area (Å²) in [7, 11) is 0. The van der Waals surface area contributed by atoms with E-state index in [4.69, 9.17) is 14.4 Å². The van der Waals surface area contributed by atoms with Crippen LogP contribution in [0.2, 0.25) is 0 Å². The molecule has 52 heavy (non-hydrogen) atoms. The standard InChI is InChI=1S/C46H35BN4O/c1-46(2,3)32-28-41-44-42(29-32)51(34-16-8-5-9-17-34)40-24-22-31(45-49-38-19-10-11-20-43(38)52-45)27-36(40)47(44)35-26-30(37-18-12-13-25-48-37)21-23-39(35)50(41)33-14-6-4-7-15-33/h4-29H,1-3H3. The van der Waals surface area contributed by atoms with E-state index in [0.29, 0.717) is 5.89 Å². The van der Waals surface area contributed by atoms with Crippen molar-refractivity contribution in [2.45, 2.75) is 26.2 Å². The molecule has 0 bridgehead atoms. The van der Waals surface area contributed by atoms with Gasteiger partial charge in [-0.25, -0.2) is 4.98 Å². The largest absolute Gasteiger partial charge is 0.436 e. The van der Waals surface area contributed by atoms with Gasteiger partial charge in [-0.1, -0.05) is 93.6 Å². The second kappa shape index (κ2) is 11.6. The molecule has 6 aromatic carbocycles. The number of benzene rings is 6. The lowest BCUT2D eigenvalue weighted by atomic mass is 9.33. The van der Waals surface area contributed by atoms with Crippen LogP contribution in [0.5, 0.6) is 0 Å². The molecule has 4 heterocycles. The SMILES string of the molecule is CC(C)(C)c1cc2c3c(c1)N(c1ccccc1)c1ccc(-c4nc5ccccc5o4)cc1B3c1cc(-c3ccccn3)ccc1N2c1ccccc1. The van der Waals surface area contributed by atoms with Crippen molar-refractivity contribution in [1.29, 1.82) is 0 Å². The van der Waals surface area contributed by atoms with Gasteiger partial charge in [0.05, 0.1) is 5.69 Å². The molecule has 0 spiro atoms. The molecule has 248 valence electrons. The molecule has 10 rings (SSSR count). The predicted octanol–water partition coefficient (Wildman–Crippen LogP) is 9.94. The average molecular weight is 671 g/mol. The number of oxazole rings is 1. The van der Waals surface area contributed by atoms with Crippen molar-refractivity contribution in [2.75, 3.05) is 9.80 Å². The second-order valence-corrected chi connectivity index (χ2v) is 14.7. The van der Waals surface area contributed by atoms with Gasteiger partial charge in [0.15, 0.2) is 5.58 Å². The third-order valence-corrected chi connectivity index (χ3v) is 10.5. The van der Waals surface area contributed by atoms with Crippen LogP contribution < -0.4 is 26.2 Å². The Hall–Kier alpha value is -6.40. The van der Waals surface area contributed by atoms with E-state index in [9.17, 15) is 0 Å². The van der Waals surface area contributed by atoms with Crippen LogP contribution in [-0.2, 0) is 5.41 Å². The monoisotopic (exact) mass is 670 g/mol. The van der Waals surface area contributed by atoms with Gasteiger partial charge in [-0.2, -0.15) is 0 Å². The number of hydrogen-bond acceptors (Lipinski definition) is 5. The Balaban J connectivity index is 1.31. The maximum absolute atomic E-state index is 6.37. The number of rotatable bonds is 4. The molecule has 0 amide bonds. The summed E-state index contributed by atoms with van der Waals surface area (Å²) in [6.07, 6.45) is 1.87. The topological polar surface area (TPSA) is 45.4 Å². The lowest BCUT2D eigenvalue weighted by molar-refractivity contribution is 0.590. The fourth-order valence-corrected chi connectivity index (χ4v) is 7.97. The van der Waals surface area contributed by atoms with Crippen molar-refractivity contribution in [3.63, 3.8) is 0 Å². The van der Waals surface area contributed by atoms with Crippen molar-refractivity contribution in [3.8, 4) is 22.7 Å². The Morgan fingerprint density at radius 3 is 1.73 bits per heavy atom. The number of hydrogen-bond donors (Lipinski definition) is 0. The predicted molar refractivity (Wildman–Crippen MR) is 215 cm³/mol. The Labute approximate surface area is 303 Å². The van der Waals surface area contributed by atoms with E-state index in [1.54, 1.807) is 0 Å². The molecule has 0 aliphatic carbocycles. The highest BCUT2D eigenvalue weighted by Gasteiger charge is 2.44. The van der Waals surface area contributed by atoms with Gasteiger partial charge in [-0.15, -0.1) is 0 Å². The highest BCUT2D eigenvalue weighted by Crippen LogP contribution is 2.46. The van der Waals surface area contributed by atoms with Crippen LogP contribution >= 0.6 is 0 Å². The molecular formula is C46H35BN4O. The van der Waals surface area contributed by atoms with Crippen LogP contribution in [0.1, 0.15) is 26.3 Å². The van der Waals surface area contributed by atoms with E-state index >= 15 is 0 Å². The Bertz CT molecular complexity index is 2580. The van der Waals surface area contributed by atoms with Crippen LogP contribution in [0.15, 0.2) is 162 Å². The van der Waals surface area contributed by atoms with Crippen molar-refractivity contribution in [3.05, 3.63) is 163 Å². The second-order valence-electron chi connectivity index (χ2n) is 14.7. The number of nitrogens with zero attached hydrogens (tertiary/aromatic N) is 4. The molecule has 0 saturated carbocycles. The fraction of sp³-hybridized carbons (Fsp3) is 0.0870. The average Bonchev–Trinajstić information content (AvgIpc) is 3.62. The third-order valence-electron chi connectivity index (χ3n) is 10.5. The van der Waals surface area contributed by atoms with Gasteiger partial charge in [-0.05, 0) is 112 Å². The maximum atomic E-state index is 6.37. The van der Waals surface area contributed by atoms with E-state index in [1.807, 2.05) is 36.5 Å². The van der Waals surface area contributed by atoms with Gasteiger partial charge in [0, 0.05) is 45.9 Å². The van der Waals surface area contributed by atoms with Crippen molar-refractivity contribution in [2.24, 2.45) is 0 Å². The molecule has 0 saturated heterocycles. The lowest BCUT2D eigenvalue weighted by Crippen LogP contribution is -2.61. The molecule has 0 radical (unpaired) electrons. The molecule has 2 aliphatic heterocycles. The molecular weight excluding hydrogens is 635 g/mol. The first-order chi connectivity index (χ1) is 25.4. The highest BCUT2D eigenvalue weighted by molar-refractivity contribution is 7.00. The molecule has 5 nitrogen and oxygen atoms in total. The Kier molecular flexibility index (Phi) is 6.77. The quantitative estimate of drug-likeness (QED) is 0.175. The summed E-state index contributed by atoms with van der Waals surface area (Å²) in [6, 6.07) is 54.0. The van der Waals surface area contributed by atoms with Gasteiger partial charge in [0.1, 0.15) is 5.52 Å². The van der Waals surface area contributed by atoms with Gasteiger partial charge >= 0.3 is 0 Å².